The third-order valence-corrected chi connectivity index (χ3v) is 3.47. The zero-order chi connectivity index (χ0) is 19.3. The lowest BCUT2D eigenvalue weighted by Gasteiger charge is -2.17. The number of aliphatic carboxylic acids is 1. The van der Waals surface area contributed by atoms with Gasteiger partial charge < -0.3 is 10.4 Å². The summed E-state index contributed by atoms with van der Waals surface area (Å²) in [5.74, 6) is -2.02. The molecule has 0 bridgehead atoms. The van der Waals surface area contributed by atoms with E-state index in [1.807, 2.05) is 0 Å². The largest absolute Gasteiger partial charge is 0.481 e. The fourth-order valence-corrected chi connectivity index (χ4v) is 2.29. The molecule has 2 aromatic rings. The topological polar surface area (TPSA) is 153 Å². The molecule has 2 aromatic carbocycles. The van der Waals surface area contributed by atoms with E-state index in [9.17, 15) is 29.8 Å². The quantitative estimate of drug-likeness (QED) is 0.568. The molecular formula is C16H13N3O7. The lowest BCUT2D eigenvalue weighted by Crippen LogP contribution is -2.30. The number of rotatable bonds is 7. The first-order chi connectivity index (χ1) is 12.3. The molecule has 0 heterocycles. The molecular weight excluding hydrogens is 346 g/mol. The Hall–Kier alpha value is -3.82. The van der Waals surface area contributed by atoms with Gasteiger partial charge in [0.25, 0.3) is 17.3 Å². The molecule has 0 saturated carbocycles. The lowest BCUT2D eigenvalue weighted by molar-refractivity contribution is -0.394. The maximum atomic E-state index is 12.4. The summed E-state index contributed by atoms with van der Waals surface area (Å²) >= 11 is 0. The van der Waals surface area contributed by atoms with Crippen molar-refractivity contribution >= 4 is 23.3 Å². The van der Waals surface area contributed by atoms with E-state index in [2.05, 4.69) is 5.32 Å². The van der Waals surface area contributed by atoms with E-state index in [1.54, 1.807) is 30.3 Å². The van der Waals surface area contributed by atoms with E-state index in [0.29, 0.717) is 5.56 Å². The van der Waals surface area contributed by atoms with Crippen molar-refractivity contribution in [2.75, 3.05) is 0 Å². The van der Waals surface area contributed by atoms with Crippen molar-refractivity contribution in [2.24, 2.45) is 0 Å². The Labute approximate surface area is 146 Å². The minimum absolute atomic E-state index is 0.308. The number of carboxylic acids is 1. The van der Waals surface area contributed by atoms with Crippen molar-refractivity contribution in [3.05, 3.63) is 79.9 Å². The molecule has 0 unspecified atom stereocenters. The van der Waals surface area contributed by atoms with Gasteiger partial charge >= 0.3 is 5.97 Å². The molecule has 0 aliphatic carbocycles. The number of nitrogens with one attached hydrogen (secondary N) is 1. The van der Waals surface area contributed by atoms with Crippen LogP contribution in [0.3, 0.4) is 0 Å². The average molecular weight is 359 g/mol. The van der Waals surface area contributed by atoms with E-state index in [0.717, 1.165) is 18.2 Å². The van der Waals surface area contributed by atoms with Crippen molar-refractivity contribution in [2.45, 2.75) is 12.5 Å². The highest BCUT2D eigenvalue weighted by Crippen LogP contribution is 2.24. The van der Waals surface area contributed by atoms with E-state index >= 15 is 0 Å². The summed E-state index contributed by atoms with van der Waals surface area (Å²) in [6.07, 6.45) is -0.424. The number of hydrogen-bond donors (Lipinski definition) is 2. The van der Waals surface area contributed by atoms with Crippen molar-refractivity contribution in [3.63, 3.8) is 0 Å². The highest BCUT2D eigenvalue weighted by atomic mass is 16.6. The van der Waals surface area contributed by atoms with Gasteiger partial charge in [-0.3, -0.25) is 29.8 Å². The fourth-order valence-electron chi connectivity index (χ4n) is 2.29. The number of amides is 1. The lowest BCUT2D eigenvalue weighted by atomic mass is 10.0. The summed E-state index contributed by atoms with van der Waals surface area (Å²) in [4.78, 5) is 43.6. The number of carbonyl (C=O) groups is 2. The van der Waals surface area contributed by atoms with Gasteiger partial charge in [0.1, 0.15) is 0 Å². The van der Waals surface area contributed by atoms with E-state index in [1.165, 1.54) is 0 Å². The predicted molar refractivity (Wildman–Crippen MR) is 88.7 cm³/mol. The summed E-state index contributed by atoms with van der Waals surface area (Å²) in [5, 5.41) is 33.3. The zero-order valence-corrected chi connectivity index (χ0v) is 13.2. The maximum Gasteiger partial charge on any atom is 0.305 e. The normalized spacial score (nSPS) is 11.4. The van der Waals surface area contributed by atoms with Crippen molar-refractivity contribution in [3.8, 4) is 0 Å². The third-order valence-electron chi connectivity index (χ3n) is 3.47. The van der Waals surface area contributed by atoms with Crippen LogP contribution < -0.4 is 5.32 Å². The van der Waals surface area contributed by atoms with E-state index < -0.39 is 45.6 Å². The smallest absolute Gasteiger partial charge is 0.305 e. The first kappa shape index (κ1) is 18.5. The molecule has 26 heavy (non-hydrogen) atoms. The molecule has 0 fully saturated rings. The molecule has 2 N–H and O–H groups in total. The highest BCUT2D eigenvalue weighted by Gasteiger charge is 2.23. The maximum absolute atomic E-state index is 12.4. The van der Waals surface area contributed by atoms with Crippen LogP contribution in [0.15, 0.2) is 48.5 Å². The predicted octanol–water partition coefficient (Wildman–Crippen LogP) is 2.45. The molecule has 0 spiro atoms. The highest BCUT2D eigenvalue weighted by molar-refractivity contribution is 5.96. The molecule has 0 aromatic heterocycles. The first-order valence-electron chi connectivity index (χ1n) is 7.29. The summed E-state index contributed by atoms with van der Waals surface area (Å²) in [6, 6.07) is 9.89. The number of non-ortho nitro benzene ring substituents is 2. The van der Waals surface area contributed by atoms with Gasteiger partial charge in [-0.25, -0.2) is 0 Å². The Morgan fingerprint density at radius 3 is 2.00 bits per heavy atom. The molecule has 0 aliphatic heterocycles. The standard InChI is InChI=1S/C16H13N3O7/c20-15(21)9-14(10-4-2-1-3-5-10)17-16(22)11-6-12(18(23)24)8-13(7-11)19(25)26/h1-8,14H,9H2,(H,17,22)(H,20,21)/t14-/m1/s1. The van der Waals surface area contributed by atoms with Gasteiger partial charge in [-0.05, 0) is 5.56 Å². The zero-order valence-electron chi connectivity index (χ0n) is 13.2. The van der Waals surface area contributed by atoms with Crippen LogP contribution in [0, 0.1) is 20.2 Å². The number of benzene rings is 2. The number of nitro groups is 2. The van der Waals surface area contributed by atoms with Crippen LogP contribution in [0.1, 0.15) is 28.4 Å². The van der Waals surface area contributed by atoms with E-state index in [-0.39, 0.29) is 5.56 Å². The van der Waals surface area contributed by atoms with Gasteiger partial charge in [0.05, 0.1) is 33.9 Å². The fraction of sp³-hybridized carbons (Fsp3) is 0.125. The number of nitrogens with zero attached hydrogens (tertiary/aromatic N) is 2. The van der Waals surface area contributed by atoms with Gasteiger partial charge in [0.2, 0.25) is 0 Å². The Morgan fingerprint density at radius 2 is 1.54 bits per heavy atom. The summed E-state index contributed by atoms with van der Waals surface area (Å²) in [5.41, 5.74) is -1.02. The second-order valence-electron chi connectivity index (χ2n) is 5.29. The number of nitro benzene ring substituents is 2. The third kappa shape index (κ3) is 4.60. The Kier molecular flexibility index (Phi) is 5.58. The molecule has 1 amide bonds. The number of hydrogen-bond acceptors (Lipinski definition) is 6. The number of carbonyl (C=O) groups excluding carboxylic acids is 1. The van der Waals surface area contributed by atoms with Crippen LogP contribution in [0.25, 0.3) is 0 Å². The van der Waals surface area contributed by atoms with Crippen molar-refractivity contribution in [1.29, 1.82) is 0 Å². The second-order valence-corrected chi connectivity index (χ2v) is 5.29. The van der Waals surface area contributed by atoms with Gasteiger partial charge in [-0.1, -0.05) is 30.3 Å². The summed E-state index contributed by atoms with van der Waals surface area (Å²) in [6.45, 7) is 0. The van der Waals surface area contributed by atoms with Crippen LogP contribution in [0.4, 0.5) is 11.4 Å². The van der Waals surface area contributed by atoms with Gasteiger partial charge in [-0.15, -0.1) is 0 Å². The van der Waals surface area contributed by atoms with Crippen LogP contribution in [0.5, 0.6) is 0 Å². The second kappa shape index (κ2) is 7.83. The molecule has 2 rings (SSSR count). The minimum Gasteiger partial charge on any atom is -0.481 e. The van der Waals surface area contributed by atoms with Gasteiger partial charge in [-0.2, -0.15) is 0 Å². The molecule has 1 atom stereocenters. The van der Waals surface area contributed by atoms with Crippen LogP contribution >= 0.6 is 0 Å². The van der Waals surface area contributed by atoms with Gasteiger partial charge in [0.15, 0.2) is 0 Å². The number of carboxylic acid groups (broad SMARTS) is 1. The summed E-state index contributed by atoms with van der Waals surface area (Å²) < 4.78 is 0. The van der Waals surface area contributed by atoms with Gasteiger partial charge in [0, 0.05) is 12.1 Å². The molecule has 0 radical (unpaired) electrons. The summed E-state index contributed by atoms with van der Waals surface area (Å²) in [7, 11) is 0. The molecule has 10 nitrogen and oxygen atoms in total. The Bertz CT molecular complexity index is 835. The molecule has 134 valence electrons. The van der Waals surface area contributed by atoms with Crippen LogP contribution in [-0.2, 0) is 4.79 Å². The Balaban J connectivity index is 2.35. The minimum atomic E-state index is -1.16. The molecule has 0 saturated heterocycles. The SMILES string of the molecule is O=C(O)C[C@@H](NC(=O)c1cc([N+](=O)[O-])cc([N+](=O)[O-])c1)c1ccccc1. The average Bonchev–Trinajstić information content (AvgIpc) is 2.61. The van der Waals surface area contributed by atoms with Crippen LogP contribution in [0.2, 0.25) is 0 Å². The van der Waals surface area contributed by atoms with Crippen molar-refractivity contribution < 1.29 is 24.5 Å². The van der Waals surface area contributed by atoms with Crippen LogP contribution in [-0.4, -0.2) is 26.8 Å². The molecule has 10 heteroatoms. The monoisotopic (exact) mass is 359 g/mol. The first-order valence-corrected chi connectivity index (χ1v) is 7.29. The van der Waals surface area contributed by atoms with Crippen molar-refractivity contribution in [1.82, 2.24) is 5.32 Å². The molecule has 0 aliphatic rings. The Morgan fingerprint density at radius 1 is 1.00 bits per heavy atom. The van der Waals surface area contributed by atoms with E-state index in [4.69, 9.17) is 5.11 Å².